The number of hydrogen-bond donors (Lipinski definition) is 7. The van der Waals surface area contributed by atoms with E-state index in [0.717, 1.165) is 6.07 Å². The molecule has 13 nitrogen and oxygen atoms in total. The maximum atomic E-state index is 15.4. The zero-order valence-corrected chi connectivity index (χ0v) is 24.8. The van der Waals surface area contributed by atoms with Crippen LogP contribution in [0.15, 0.2) is 23.0 Å². The summed E-state index contributed by atoms with van der Waals surface area (Å²) in [6.07, 6.45) is -0.467. The van der Waals surface area contributed by atoms with Crippen molar-refractivity contribution >= 4 is 59.6 Å². The van der Waals surface area contributed by atoms with E-state index in [2.05, 4.69) is 5.32 Å². The molecule has 2 amide bonds. The topological polar surface area (TPSA) is 214 Å². The first kappa shape index (κ1) is 34.2. The predicted molar refractivity (Wildman–Crippen MR) is 154 cm³/mol. The summed E-state index contributed by atoms with van der Waals surface area (Å²) < 4.78 is 15.4. The Morgan fingerprint density at radius 1 is 1.21 bits per heavy atom. The minimum absolute atomic E-state index is 0. The van der Waals surface area contributed by atoms with Gasteiger partial charge in [0.25, 0.3) is 5.91 Å². The fourth-order valence-corrected chi connectivity index (χ4v) is 6.71. The van der Waals surface area contributed by atoms with Crippen LogP contribution in [-0.4, -0.2) is 110 Å². The van der Waals surface area contributed by atoms with Crippen molar-refractivity contribution in [2.75, 3.05) is 39.0 Å². The van der Waals surface area contributed by atoms with Gasteiger partial charge in [-0.05, 0) is 39.3 Å². The minimum Gasteiger partial charge on any atom is -0.508 e. The smallest absolute Gasteiger partial charge is 0.255 e. The molecule has 5 atom stereocenters. The number of fused-ring (bicyclic) bond motifs is 3. The fraction of sp³-hybridized carbons (Fsp3) is 0.481. The number of ketones is 2. The molecule has 43 heavy (non-hydrogen) atoms. The molecule has 0 bridgehead atoms. The molecule has 8 N–H and O–H groups in total. The maximum Gasteiger partial charge on any atom is 0.255 e. The Morgan fingerprint density at radius 3 is 2.42 bits per heavy atom. The molecule has 0 aromatic heterocycles. The Labute approximate surface area is 257 Å². The molecule has 0 spiro atoms. The Morgan fingerprint density at radius 2 is 1.86 bits per heavy atom. The van der Waals surface area contributed by atoms with Crippen molar-refractivity contribution < 1.29 is 49.1 Å². The first-order valence-corrected chi connectivity index (χ1v) is 13.1. The van der Waals surface area contributed by atoms with Gasteiger partial charge in [0.05, 0.1) is 29.9 Å². The van der Waals surface area contributed by atoms with Crippen molar-refractivity contribution in [2.45, 2.75) is 37.0 Å². The van der Waals surface area contributed by atoms with E-state index in [1.54, 1.807) is 4.90 Å². The number of aliphatic hydroxyl groups excluding tert-OH is 3. The Hall–Kier alpha value is -3.27. The molecule has 3 aliphatic carbocycles. The number of aliphatic hydroxyl groups is 4. The van der Waals surface area contributed by atoms with Crippen LogP contribution < -0.4 is 11.1 Å². The third-order valence-corrected chi connectivity index (χ3v) is 8.56. The van der Waals surface area contributed by atoms with Crippen LogP contribution in [0, 0.1) is 17.7 Å². The minimum atomic E-state index is -2.81. The van der Waals surface area contributed by atoms with E-state index in [9.17, 15) is 44.7 Å². The number of aromatic hydroxyl groups is 1. The Bertz CT molecular complexity index is 1470. The third kappa shape index (κ3) is 5.25. The van der Waals surface area contributed by atoms with Crippen LogP contribution in [0.2, 0.25) is 0 Å². The van der Waals surface area contributed by atoms with Gasteiger partial charge in [-0.3, -0.25) is 29.0 Å². The predicted octanol–water partition coefficient (Wildman–Crippen LogP) is -0.0482. The van der Waals surface area contributed by atoms with E-state index >= 15 is 4.39 Å². The second kappa shape index (κ2) is 12.0. The molecule has 4 aliphatic rings. The van der Waals surface area contributed by atoms with E-state index in [-0.39, 0.29) is 62.0 Å². The zero-order valence-electron chi connectivity index (χ0n) is 23.2. The number of amides is 2. The lowest BCUT2D eigenvalue weighted by molar-refractivity contribution is -0.153. The van der Waals surface area contributed by atoms with Crippen molar-refractivity contribution in [3.05, 3.63) is 39.9 Å². The standard InChI is InChI=1S/C27H31FN4O9.2ClH/c1-31(2)20-13-6-10-5-12-14(28)7-15(30-16(34)9-32-4-3-11(33)8-32)21(35)18(12)22(36)17(10)24(38)27(13,41)25(39)19(23(20)37)26(29)40;;/h7,10-11,13,20,33,35-36,39,41H,3-6,8-9H2,1-2H3,(H2,29,40)(H,30,34);2*1H/t10-,11+,13-,20-,27-;;/m0../s1. The molecular weight excluding hydrogens is 614 g/mol. The largest absolute Gasteiger partial charge is 0.508 e. The van der Waals surface area contributed by atoms with Crippen LogP contribution in [0.4, 0.5) is 10.1 Å². The van der Waals surface area contributed by atoms with Crippen molar-refractivity contribution in [2.24, 2.45) is 17.6 Å². The van der Waals surface area contributed by atoms with Crippen LogP contribution in [0.1, 0.15) is 24.0 Å². The number of anilines is 1. The number of halogens is 3. The lowest BCUT2D eigenvalue weighted by Gasteiger charge is -2.50. The number of likely N-dealkylation sites (N-methyl/N-ethyl adjacent to an activating group) is 1. The number of hydrogen-bond acceptors (Lipinski definition) is 11. The SMILES string of the molecule is CN(C)[C@@H]1C(=O)C(C(N)=O)=C(O)[C@@]2(O)C(=O)C3=C(O)c4c(O)c(NC(=O)CN5CC[C@@H](O)C5)cc(F)c4C[C@H]3C[C@@H]12.Cl.Cl. The van der Waals surface area contributed by atoms with Crippen molar-refractivity contribution in [3.8, 4) is 5.75 Å². The number of Topliss-reactive ketones (excluding diaryl/α,β-unsaturated/α-hetero) is 2. The van der Waals surface area contributed by atoms with Crippen LogP contribution in [0.5, 0.6) is 5.75 Å². The lowest BCUT2D eigenvalue weighted by atomic mass is 9.57. The normalized spacial score (nSPS) is 28.5. The van der Waals surface area contributed by atoms with Crippen LogP contribution in [0.3, 0.4) is 0 Å². The molecule has 1 aromatic carbocycles. The molecule has 1 aromatic rings. The van der Waals surface area contributed by atoms with Gasteiger partial charge in [0, 0.05) is 36.2 Å². The van der Waals surface area contributed by atoms with Crippen molar-refractivity contribution in [1.29, 1.82) is 0 Å². The molecule has 1 saturated heterocycles. The average Bonchev–Trinajstić information content (AvgIpc) is 3.28. The lowest BCUT2D eigenvalue weighted by Crippen LogP contribution is -2.65. The van der Waals surface area contributed by atoms with E-state index in [0.29, 0.717) is 13.0 Å². The monoisotopic (exact) mass is 646 g/mol. The van der Waals surface area contributed by atoms with Crippen LogP contribution >= 0.6 is 24.8 Å². The number of primary amides is 1. The van der Waals surface area contributed by atoms with Crippen LogP contribution in [-0.2, 0) is 25.6 Å². The second-order valence-corrected chi connectivity index (χ2v) is 11.3. The van der Waals surface area contributed by atoms with E-state index in [1.807, 2.05) is 0 Å². The molecule has 2 fully saturated rings. The molecule has 5 rings (SSSR count). The van der Waals surface area contributed by atoms with Gasteiger partial charge in [-0.1, -0.05) is 0 Å². The molecule has 0 radical (unpaired) electrons. The summed E-state index contributed by atoms with van der Waals surface area (Å²) >= 11 is 0. The molecule has 0 unspecified atom stereocenters. The van der Waals surface area contributed by atoms with Gasteiger partial charge in [-0.25, -0.2) is 4.39 Å². The molecule has 1 saturated carbocycles. The maximum absolute atomic E-state index is 15.4. The summed E-state index contributed by atoms with van der Waals surface area (Å²) in [6.45, 7) is 0.604. The highest BCUT2D eigenvalue weighted by Crippen LogP contribution is 2.53. The zero-order chi connectivity index (χ0) is 30.1. The molecule has 16 heteroatoms. The number of nitrogens with one attached hydrogen (secondary N) is 1. The highest BCUT2D eigenvalue weighted by molar-refractivity contribution is 6.24. The Balaban J connectivity index is 0.00000253. The van der Waals surface area contributed by atoms with Gasteiger partial charge >= 0.3 is 0 Å². The highest BCUT2D eigenvalue weighted by Gasteiger charge is 2.64. The summed E-state index contributed by atoms with van der Waals surface area (Å²) in [5.41, 5.74) is 0.149. The number of phenols is 1. The second-order valence-electron chi connectivity index (χ2n) is 11.3. The summed E-state index contributed by atoms with van der Waals surface area (Å²) in [5, 5.41) is 56.8. The number of likely N-dealkylation sites (tertiary alicyclic amines) is 1. The summed E-state index contributed by atoms with van der Waals surface area (Å²) in [5.74, 6) is -9.96. The van der Waals surface area contributed by atoms with Gasteiger partial charge in [0.15, 0.2) is 17.1 Å². The first-order chi connectivity index (χ1) is 19.2. The van der Waals surface area contributed by atoms with Crippen molar-refractivity contribution in [3.63, 3.8) is 0 Å². The van der Waals surface area contributed by atoms with E-state index < -0.39 is 92.8 Å². The summed E-state index contributed by atoms with van der Waals surface area (Å²) in [6, 6.07) is -0.357. The molecule has 236 valence electrons. The number of phenolic OH excluding ortho intramolecular Hbond substituents is 1. The number of carbonyl (C=O) groups excluding carboxylic acids is 4. The van der Waals surface area contributed by atoms with Gasteiger partial charge in [0.2, 0.25) is 11.7 Å². The van der Waals surface area contributed by atoms with Crippen molar-refractivity contribution in [1.82, 2.24) is 9.80 Å². The van der Waals surface area contributed by atoms with Crippen LogP contribution in [0.25, 0.3) is 5.76 Å². The van der Waals surface area contributed by atoms with Gasteiger partial charge in [0.1, 0.15) is 22.9 Å². The summed E-state index contributed by atoms with van der Waals surface area (Å²) in [7, 11) is 2.96. The van der Waals surface area contributed by atoms with Gasteiger partial charge in [-0.2, -0.15) is 0 Å². The first-order valence-electron chi connectivity index (χ1n) is 13.1. The van der Waals surface area contributed by atoms with E-state index in [4.69, 9.17) is 5.73 Å². The average molecular weight is 647 g/mol. The third-order valence-electron chi connectivity index (χ3n) is 8.56. The molecule has 1 aliphatic heterocycles. The number of β-amino-alcohol motifs (C(OH)–C–C–N with tert-alkyl or cyclic N) is 1. The molecular formula is C27H33Cl2FN4O9. The molecule has 1 heterocycles. The number of nitrogens with two attached hydrogens (primary N) is 1. The number of rotatable bonds is 5. The van der Waals surface area contributed by atoms with E-state index in [1.165, 1.54) is 19.0 Å². The number of nitrogens with zero attached hydrogens (tertiary/aromatic N) is 2. The number of benzene rings is 1. The number of carbonyl (C=O) groups is 4. The van der Waals surface area contributed by atoms with Gasteiger partial charge < -0.3 is 36.6 Å². The quantitative estimate of drug-likeness (QED) is 0.166. The highest BCUT2D eigenvalue weighted by atomic mass is 35.5. The van der Waals surface area contributed by atoms with Gasteiger partial charge in [-0.15, -0.1) is 24.8 Å². The Kier molecular flexibility index (Phi) is 9.57. The summed E-state index contributed by atoms with van der Waals surface area (Å²) in [4.78, 5) is 54.6. The fourth-order valence-electron chi connectivity index (χ4n) is 6.71.